The van der Waals surface area contributed by atoms with Gasteiger partial charge in [0.25, 0.3) is 5.91 Å². The highest BCUT2D eigenvalue weighted by molar-refractivity contribution is 6.06. The Hall–Kier alpha value is -1.10. The molecule has 0 unspecified atom stereocenters. The fourth-order valence-corrected chi connectivity index (χ4v) is 2.93. The van der Waals surface area contributed by atoms with Gasteiger partial charge in [-0.1, -0.05) is 32.1 Å². The molecule has 0 radical (unpaired) electrons. The molecule has 1 aliphatic carbocycles. The average Bonchev–Trinajstić information content (AvgIpc) is 2.56. The van der Waals surface area contributed by atoms with Gasteiger partial charge < -0.3 is 10.8 Å². The van der Waals surface area contributed by atoms with Crippen molar-refractivity contribution in [2.75, 3.05) is 13.7 Å². The quantitative estimate of drug-likeness (QED) is 0.751. The molecule has 0 bridgehead atoms. The number of amides is 1. The van der Waals surface area contributed by atoms with E-state index in [1.165, 1.54) is 24.2 Å². The Kier molecular flexibility index (Phi) is 3.38. The number of aliphatic hydroxyl groups is 1. The lowest BCUT2D eigenvalue weighted by Crippen LogP contribution is -2.45. The van der Waals surface area contributed by atoms with Crippen LogP contribution in [0.25, 0.3) is 0 Å². The van der Waals surface area contributed by atoms with E-state index in [2.05, 4.69) is 4.99 Å². The SMILES string of the molecule is CN1C(=O)[C@@](CO)(CC2CCCCC2)N=C1N. The molecule has 2 rings (SSSR count). The second-order valence-electron chi connectivity index (χ2n) is 5.23. The van der Waals surface area contributed by atoms with Crippen LogP contribution >= 0.6 is 0 Å². The normalized spacial score (nSPS) is 30.8. The van der Waals surface area contributed by atoms with Crippen LogP contribution in [0.5, 0.6) is 0 Å². The predicted octanol–water partition coefficient (Wildman–Crippen LogP) is 0.475. The highest BCUT2D eigenvalue weighted by atomic mass is 16.3. The molecular formula is C12H21N3O2. The predicted molar refractivity (Wildman–Crippen MR) is 65.4 cm³/mol. The van der Waals surface area contributed by atoms with Gasteiger partial charge in [0.05, 0.1) is 6.61 Å². The molecule has 1 saturated carbocycles. The number of aliphatic imine (C=N–C) groups is 1. The molecule has 1 heterocycles. The Morgan fingerprint density at radius 1 is 1.47 bits per heavy atom. The molecule has 5 nitrogen and oxygen atoms in total. The fraction of sp³-hybridized carbons (Fsp3) is 0.833. The Bertz CT molecular complexity index is 337. The maximum atomic E-state index is 12.1. The maximum absolute atomic E-state index is 12.1. The standard InChI is InChI=1S/C12H21N3O2/c1-15-10(17)12(8-16,14-11(15)13)7-9-5-3-2-4-6-9/h9,16H,2-8H2,1H3,(H2,13,14)/t12-/m0/s1. The van der Waals surface area contributed by atoms with Crippen LogP contribution in [0.1, 0.15) is 38.5 Å². The van der Waals surface area contributed by atoms with E-state index < -0.39 is 5.54 Å². The molecule has 1 atom stereocenters. The molecule has 0 saturated heterocycles. The van der Waals surface area contributed by atoms with Crippen molar-refractivity contribution in [3.8, 4) is 0 Å². The minimum Gasteiger partial charge on any atom is -0.393 e. The second kappa shape index (κ2) is 4.64. The van der Waals surface area contributed by atoms with E-state index in [1.54, 1.807) is 7.05 Å². The van der Waals surface area contributed by atoms with Crippen molar-refractivity contribution in [3.05, 3.63) is 0 Å². The first kappa shape index (κ1) is 12.4. The van der Waals surface area contributed by atoms with E-state index in [-0.39, 0.29) is 18.5 Å². The van der Waals surface area contributed by atoms with Gasteiger partial charge in [-0.3, -0.25) is 9.69 Å². The number of carbonyl (C=O) groups is 1. The summed E-state index contributed by atoms with van der Waals surface area (Å²) in [7, 11) is 1.61. The van der Waals surface area contributed by atoms with Crippen molar-refractivity contribution in [1.29, 1.82) is 0 Å². The zero-order valence-corrected chi connectivity index (χ0v) is 10.4. The molecule has 0 aromatic carbocycles. The first-order valence-electron chi connectivity index (χ1n) is 6.33. The summed E-state index contributed by atoms with van der Waals surface area (Å²) in [6, 6.07) is 0. The van der Waals surface area contributed by atoms with Crippen molar-refractivity contribution in [2.45, 2.75) is 44.1 Å². The zero-order valence-electron chi connectivity index (χ0n) is 10.4. The summed E-state index contributed by atoms with van der Waals surface area (Å²) >= 11 is 0. The molecule has 1 aliphatic heterocycles. The first-order chi connectivity index (χ1) is 8.09. The summed E-state index contributed by atoms with van der Waals surface area (Å²) in [4.78, 5) is 17.7. The van der Waals surface area contributed by atoms with Gasteiger partial charge in [-0.15, -0.1) is 0 Å². The van der Waals surface area contributed by atoms with Crippen LogP contribution in [0.2, 0.25) is 0 Å². The number of hydrogen-bond acceptors (Lipinski definition) is 4. The smallest absolute Gasteiger partial charge is 0.259 e. The molecule has 2 aliphatic rings. The van der Waals surface area contributed by atoms with E-state index in [4.69, 9.17) is 5.73 Å². The Morgan fingerprint density at radius 2 is 2.12 bits per heavy atom. The Balaban J connectivity index is 2.12. The van der Waals surface area contributed by atoms with Crippen LogP contribution in [0.4, 0.5) is 0 Å². The monoisotopic (exact) mass is 239 g/mol. The fourth-order valence-electron chi connectivity index (χ4n) is 2.93. The molecule has 1 fully saturated rings. The molecule has 0 aromatic rings. The van der Waals surface area contributed by atoms with Gasteiger partial charge in [0.15, 0.2) is 11.5 Å². The van der Waals surface area contributed by atoms with E-state index in [0.29, 0.717) is 12.3 Å². The van der Waals surface area contributed by atoms with E-state index in [9.17, 15) is 9.90 Å². The van der Waals surface area contributed by atoms with Gasteiger partial charge >= 0.3 is 0 Å². The Labute approximate surface area is 102 Å². The number of likely N-dealkylation sites (N-methyl/N-ethyl adjacent to an activating group) is 1. The largest absolute Gasteiger partial charge is 0.393 e. The van der Waals surface area contributed by atoms with Crippen LogP contribution in [-0.2, 0) is 4.79 Å². The van der Waals surface area contributed by atoms with E-state index >= 15 is 0 Å². The van der Waals surface area contributed by atoms with Crippen molar-refractivity contribution in [3.63, 3.8) is 0 Å². The number of rotatable bonds is 3. The molecule has 5 heteroatoms. The third-order valence-electron chi connectivity index (χ3n) is 3.99. The number of nitrogens with zero attached hydrogens (tertiary/aromatic N) is 2. The average molecular weight is 239 g/mol. The highest BCUT2D eigenvalue weighted by Crippen LogP contribution is 2.35. The lowest BCUT2D eigenvalue weighted by Gasteiger charge is -2.29. The highest BCUT2D eigenvalue weighted by Gasteiger charge is 2.47. The molecule has 3 N–H and O–H groups in total. The topological polar surface area (TPSA) is 78.9 Å². The van der Waals surface area contributed by atoms with Crippen LogP contribution in [0.15, 0.2) is 4.99 Å². The molecule has 0 aromatic heterocycles. The number of aliphatic hydroxyl groups excluding tert-OH is 1. The molecular weight excluding hydrogens is 218 g/mol. The number of guanidine groups is 1. The van der Waals surface area contributed by atoms with E-state index in [0.717, 1.165) is 12.8 Å². The minimum atomic E-state index is -0.999. The second-order valence-corrected chi connectivity index (χ2v) is 5.23. The summed E-state index contributed by atoms with van der Waals surface area (Å²) in [6.45, 7) is -0.243. The Morgan fingerprint density at radius 3 is 2.59 bits per heavy atom. The lowest BCUT2D eigenvalue weighted by atomic mass is 9.79. The van der Waals surface area contributed by atoms with Crippen LogP contribution < -0.4 is 5.73 Å². The molecule has 17 heavy (non-hydrogen) atoms. The lowest BCUT2D eigenvalue weighted by molar-refractivity contribution is -0.132. The van der Waals surface area contributed by atoms with Crippen molar-refractivity contribution < 1.29 is 9.90 Å². The maximum Gasteiger partial charge on any atom is 0.259 e. The third kappa shape index (κ3) is 2.16. The molecule has 96 valence electrons. The molecule has 0 spiro atoms. The van der Waals surface area contributed by atoms with Gasteiger partial charge in [0.1, 0.15) is 0 Å². The van der Waals surface area contributed by atoms with Crippen LogP contribution in [0.3, 0.4) is 0 Å². The summed E-state index contributed by atoms with van der Waals surface area (Å²) in [5.41, 5.74) is 4.67. The van der Waals surface area contributed by atoms with Gasteiger partial charge in [-0.2, -0.15) is 0 Å². The third-order valence-corrected chi connectivity index (χ3v) is 3.99. The van der Waals surface area contributed by atoms with Gasteiger partial charge in [-0.05, 0) is 12.3 Å². The minimum absolute atomic E-state index is 0.164. The summed E-state index contributed by atoms with van der Waals surface area (Å²) in [5.74, 6) is 0.547. The summed E-state index contributed by atoms with van der Waals surface area (Å²) < 4.78 is 0. The summed E-state index contributed by atoms with van der Waals surface area (Å²) in [6.07, 6.45) is 6.61. The van der Waals surface area contributed by atoms with Crippen LogP contribution in [0, 0.1) is 5.92 Å². The zero-order chi connectivity index (χ0) is 12.5. The van der Waals surface area contributed by atoms with E-state index in [1.807, 2.05) is 0 Å². The van der Waals surface area contributed by atoms with Crippen molar-refractivity contribution in [1.82, 2.24) is 4.90 Å². The summed E-state index contributed by atoms with van der Waals surface area (Å²) in [5, 5.41) is 9.54. The first-order valence-corrected chi connectivity index (χ1v) is 6.33. The van der Waals surface area contributed by atoms with Gasteiger partial charge in [-0.25, -0.2) is 4.99 Å². The van der Waals surface area contributed by atoms with Crippen LogP contribution in [-0.4, -0.2) is 41.1 Å². The molecule has 1 amide bonds. The van der Waals surface area contributed by atoms with Gasteiger partial charge in [0.2, 0.25) is 0 Å². The van der Waals surface area contributed by atoms with Crippen molar-refractivity contribution >= 4 is 11.9 Å². The van der Waals surface area contributed by atoms with Gasteiger partial charge in [0, 0.05) is 7.05 Å². The number of hydrogen-bond donors (Lipinski definition) is 2. The number of carbonyl (C=O) groups excluding carboxylic acids is 1. The number of nitrogens with two attached hydrogens (primary N) is 1. The van der Waals surface area contributed by atoms with Crippen molar-refractivity contribution in [2.24, 2.45) is 16.6 Å².